The van der Waals surface area contributed by atoms with Crippen molar-refractivity contribution in [3.05, 3.63) is 72.2 Å². The molecule has 208 valence electrons. The number of methoxy groups -OCH3 is 1. The van der Waals surface area contributed by atoms with E-state index >= 15 is 0 Å². The van der Waals surface area contributed by atoms with Crippen molar-refractivity contribution in [3.8, 4) is 17.0 Å². The van der Waals surface area contributed by atoms with Crippen LogP contribution in [0.25, 0.3) is 22.2 Å². The van der Waals surface area contributed by atoms with Crippen molar-refractivity contribution in [1.29, 1.82) is 0 Å². The Morgan fingerprint density at radius 1 is 1.18 bits per heavy atom. The van der Waals surface area contributed by atoms with Crippen LogP contribution < -0.4 is 10.1 Å². The quantitative estimate of drug-likeness (QED) is 0.319. The number of nitrogens with zero attached hydrogens (tertiary/aromatic N) is 3. The SMILES string of the molecule is CO[C@@]1(c2cc(O[C@H]3C[C@H](OCc4ccccc4)C3)cc(-c3cn(C)c4cnc(NC(C)=O)cc34)n2)CCOC1. The van der Waals surface area contributed by atoms with Crippen molar-refractivity contribution in [2.75, 3.05) is 25.6 Å². The monoisotopic (exact) mass is 542 g/mol. The Hall–Kier alpha value is -3.79. The molecule has 1 aliphatic carbocycles. The highest BCUT2D eigenvalue weighted by atomic mass is 16.6. The number of pyridine rings is 2. The third-order valence-corrected chi connectivity index (χ3v) is 7.78. The van der Waals surface area contributed by atoms with Crippen molar-refractivity contribution in [3.63, 3.8) is 0 Å². The minimum Gasteiger partial charge on any atom is -0.490 e. The third kappa shape index (κ3) is 5.32. The molecule has 3 aromatic heterocycles. The highest BCUT2D eigenvalue weighted by molar-refractivity contribution is 5.98. The van der Waals surface area contributed by atoms with Gasteiger partial charge in [0.15, 0.2) is 0 Å². The zero-order valence-corrected chi connectivity index (χ0v) is 23.1. The predicted octanol–water partition coefficient (Wildman–Crippen LogP) is 4.98. The Kier molecular flexibility index (Phi) is 7.27. The molecule has 6 rings (SSSR count). The summed E-state index contributed by atoms with van der Waals surface area (Å²) in [5.41, 5.74) is 3.93. The highest BCUT2D eigenvalue weighted by Gasteiger charge is 2.39. The molecule has 1 saturated heterocycles. The first-order chi connectivity index (χ1) is 19.4. The normalized spacial score (nSPS) is 22.3. The number of ether oxygens (including phenoxy) is 4. The number of fused-ring (bicyclic) bond motifs is 1. The predicted molar refractivity (Wildman–Crippen MR) is 151 cm³/mol. The number of hydrogen-bond donors (Lipinski definition) is 1. The zero-order chi connectivity index (χ0) is 27.7. The van der Waals surface area contributed by atoms with E-state index in [0.717, 1.165) is 46.4 Å². The van der Waals surface area contributed by atoms with Gasteiger partial charge >= 0.3 is 0 Å². The first-order valence-electron chi connectivity index (χ1n) is 13.6. The molecule has 0 radical (unpaired) electrons. The molecular formula is C31H34N4O5. The third-order valence-electron chi connectivity index (χ3n) is 7.78. The minimum absolute atomic E-state index is 0.0604. The average Bonchev–Trinajstić information content (AvgIpc) is 3.55. The maximum absolute atomic E-state index is 11.7. The van der Waals surface area contributed by atoms with E-state index in [9.17, 15) is 4.79 Å². The van der Waals surface area contributed by atoms with Crippen LogP contribution in [0, 0.1) is 0 Å². The molecule has 1 aromatic carbocycles. The van der Waals surface area contributed by atoms with E-state index < -0.39 is 5.60 Å². The Bertz CT molecular complexity index is 1510. The van der Waals surface area contributed by atoms with E-state index in [0.29, 0.717) is 32.1 Å². The molecule has 9 heteroatoms. The number of aromatic nitrogens is 3. The number of nitrogens with one attached hydrogen (secondary N) is 1. The zero-order valence-electron chi connectivity index (χ0n) is 23.1. The summed E-state index contributed by atoms with van der Waals surface area (Å²) in [6.45, 7) is 3.12. The van der Waals surface area contributed by atoms with Crippen LogP contribution >= 0.6 is 0 Å². The fraction of sp³-hybridized carbons (Fsp3) is 0.387. The summed E-state index contributed by atoms with van der Waals surface area (Å²) in [7, 11) is 3.67. The van der Waals surface area contributed by atoms with Crippen LogP contribution in [0.15, 0.2) is 60.9 Å². The van der Waals surface area contributed by atoms with Crippen LogP contribution in [-0.4, -0.2) is 53.0 Å². The van der Waals surface area contributed by atoms with E-state index in [4.69, 9.17) is 23.9 Å². The van der Waals surface area contributed by atoms with Gasteiger partial charge < -0.3 is 28.8 Å². The number of carbonyl (C=O) groups is 1. The van der Waals surface area contributed by atoms with Gasteiger partial charge in [0.1, 0.15) is 23.3 Å². The van der Waals surface area contributed by atoms with E-state index in [1.54, 1.807) is 13.3 Å². The van der Waals surface area contributed by atoms with Crippen molar-refractivity contribution < 1.29 is 23.7 Å². The van der Waals surface area contributed by atoms with Gasteiger partial charge in [-0.1, -0.05) is 30.3 Å². The fourth-order valence-corrected chi connectivity index (χ4v) is 5.42. The van der Waals surface area contributed by atoms with Crippen LogP contribution in [-0.2, 0) is 38.3 Å². The number of hydrogen-bond acceptors (Lipinski definition) is 7. The topological polar surface area (TPSA) is 96.7 Å². The van der Waals surface area contributed by atoms with Crippen LogP contribution in [0.5, 0.6) is 5.75 Å². The molecule has 1 aliphatic heterocycles. The molecule has 2 aliphatic rings. The van der Waals surface area contributed by atoms with Crippen LogP contribution in [0.3, 0.4) is 0 Å². The Labute approximate surface area is 233 Å². The van der Waals surface area contributed by atoms with Gasteiger partial charge in [0.05, 0.1) is 42.4 Å². The molecule has 0 spiro atoms. The van der Waals surface area contributed by atoms with Gasteiger partial charge in [-0.25, -0.2) is 9.97 Å². The van der Waals surface area contributed by atoms with Gasteiger partial charge in [0.25, 0.3) is 0 Å². The summed E-state index contributed by atoms with van der Waals surface area (Å²) in [6.07, 6.45) is 6.40. The Morgan fingerprint density at radius 2 is 2.00 bits per heavy atom. The van der Waals surface area contributed by atoms with E-state index in [1.807, 2.05) is 54.2 Å². The van der Waals surface area contributed by atoms with Gasteiger partial charge in [-0.05, 0) is 11.6 Å². The molecule has 2 fully saturated rings. The second-order valence-electron chi connectivity index (χ2n) is 10.6. The molecule has 4 aromatic rings. The van der Waals surface area contributed by atoms with Crippen LogP contribution in [0.1, 0.15) is 37.4 Å². The second kappa shape index (κ2) is 11.0. The maximum atomic E-state index is 11.7. The summed E-state index contributed by atoms with van der Waals surface area (Å²) in [6, 6.07) is 16.1. The van der Waals surface area contributed by atoms with Crippen molar-refractivity contribution >= 4 is 22.6 Å². The van der Waals surface area contributed by atoms with E-state index in [-0.39, 0.29) is 18.1 Å². The molecular weight excluding hydrogens is 508 g/mol. The lowest BCUT2D eigenvalue weighted by molar-refractivity contribution is -0.114. The standard InChI is InChI=1S/C31H34N4O5/c1-20(36)33-30-15-25-26(17-35(2)28(25)16-32-30)27-13-24(14-29(34-27)31(37-3)9-10-38-19-31)40-23-11-22(12-23)39-18-21-7-5-4-6-8-21/h4-8,13-17,22-23H,9-12,18-19H2,1-3H3,(H,32,33,36)/t22-,23-,31-/m0/s1. The largest absolute Gasteiger partial charge is 0.490 e. The average molecular weight is 543 g/mol. The van der Waals surface area contributed by atoms with Crippen molar-refractivity contribution in [1.82, 2.24) is 14.5 Å². The van der Waals surface area contributed by atoms with E-state index in [2.05, 4.69) is 22.4 Å². The first-order valence-corrected chi connectivity index (χ1v) is 13.6. The number of rotatable bonds is 9. The number of benzene rings is 1. The molecule has 9 nitrogen and oxygen atoms in total. The summed E-state index contributed by atoms with van der Waals surface area (Å²) < 4.78 is 26.3. The van der Waals surface area contributed by atoms with Crippen molar-refractivity contribution in [2.24, 2.45) is 7.05 Å². The minimum atomic E-state index is -0.636. The Balaban J connectivity index is 1.29. The van der Waals surface area contributed by atoms with Crippen LogP contribution in [0.4, 0.5) is 5.82 Å². The van der Waals surface area contributed by atoms with Gasteiger partial charge in [-0.2, -0.15) is 0 Å². The molecule has 0 unspecified atom stereocenters. The molecule has 1 N–H and O–H groups in total. The first kappa shape index (κ1) is 26.4. The summed E-state index contributed by atoms with van der Waals surface area (Å²) >= 11 is 0. The summed E-state index contributed by atoms with van der Waals surface area (Å²) in [4.78, 5) is 21.1. The molecule has 40 heavy (non-hydrogen) atoms. The molecule has 1 amide bonds. The molecule has 0 bridgehead atoms. The number of carbonyl (C=O) groups excluding carboxylic acids is 1. The fourth-order valence-electron chi connectivity index (χ4n) is 5.42. The summed E-state index contributed by atoms with van der Waals surface area (Å²) in [5, 5.41) is 3.72. The van der Waals surface area contributed by atoms with E-state index in [1.165, 1.54) is 12.5 Å². The number of aryl methyl sites for hydroxylation is 1. The lowest BCUT2D eigenvalue weighted by atomic mass is 9.91. The number of anilines is 1. The maximum Gasteiger partial charge on any atom is 0.222 e. The Morgan fingerprint density at radius 3 is 2.73 bits per heavy atom. The van der Waals surface area contributed by atoms with Gasteiger partial charge in [-0.15, -0.1) is 0 Å². The molecule has 4 heterocycles. The molecule has 1 atom stereocenters. The van der Waals surface area contributed by atoms with Crippen molar-refractivity contribution in [2.45, 2.75) is 50.6 Å². The van der Waals surface area contributed by atoms with Gasteiger partial charge in [0, 0.05) is 76.2 Å². The van der Waals surface area contributed by atoms with Gasteiger partial charge in [0.2, 0.25) is 5.91 Å². The molecule has 1 saturated carbocycles. The smallest absolute Gasteiger partial charge is 0.222 e. The summed E-state index contributed by atoms with van der Waals surface area (Å²) in [5.74, 6) is 1.06. The lowest BCUT2D eigenvalue weighted by Crippen LogP contribution is -2.39. The number of amides is 1. The van der Waals surface area contributed by atoms with Gasteiger partial charge in [-0.3, -0.25) is 4.79 Å². The second-order valence-corrected chi connectivity index (χ2v) is 10.6. The van der Waals surface area contributed by atoms with Crippen LogP contribution in [0.2, 0.25) is 0 Å². The lowest BCUT2D eigenvalue weighted by Gasteiger charge is -2.35. The highest BCUT2D eigenvalue weighted by Crippen LogP contribution is 2.39.